The lowest BCUT2D eigenvalue weighted by Crippen LogP contribution is -2.17. The lowest BCUT2D eigenvalue weighted by Gasteiger charge is -2.09. The molecule has 0 saturated carbocycles. The van der Waals surface area contributed by atoms with Crippen LogP contribution in [0.25, 0.3) is 0 Å². The van der Waals surface area contributed by atoms with Crippen molar-refractivity contribution in [2.24, 2.45) is 5.16 Å². The summed E-state index contributed by atoms with van der Waals surface area (Å²) in [6.07, 6.45) is -3.07. The molecule has 5 nitrogen and oxygen atoms in total. The summed E-state index contributed by atoms with van der Waals surface area (Å²) in [5.41, 5.74) is -0.0783. The molecule has 2 rings (SSSR count). The fraction of sp³-hybridized carbons (Fsp3) is 0.176. The molecule has 0 aromatic heterocycles. The number of hydrogen-bond acceptors (Lipinski definition) is 4. The van der Waals surface area contributed by atoms with Gasteiger partial charge in [-0.15, -0.1) is 0 Å². The van der Waals surface area contributed by atoms with Gasteiger partial charge in [0, 0.05) is 5.69 Å². The number of halogens is 3. The van der Waals surface area contributed by atoms with E-state index in [2.05, 4.69) is 10.5 Å². The zero-order valence-electron chi connectivity index (χ0n) is 13.2. The zero-order chi connectivity index (χ0) is 18.3. The van der Waals surface area contributed by atoms with E-state index in [-0.39, 0.29) is 5.69 Å². The maximum Gasteiger partial charge on any atom is 0.416 e. The van der Waals surface area contributed by atoms with Gasteiger partial charge in [-0.2, -0.15) is 13.2 Å². The summed E-state index contributed by atoms with van der Waals surface area (Å²) in [7, 11) is 1.55. The van der Waals surface area contributed by atoms with Gasteiger partial charge in [0.2, 0.25) is 0 Å². The summed E-state index contributed by atoms with van der Waals surface area (Å²) in [4.78, 5) is 16.5. The largest absolute Gasteiger partial charge is 0.497 e. The maximum atomic E-state index is 12.6. The highest BCUT2D eigenvalue weighted by Crippen LogP contribution is 2.30. The lowest BCUT2D eigenvalue weighted by molar-refractivity contribution is -0.137. The van der Waals surface area contributed by atoms with Crippen LogP contribution in [0, 0.1) is 0 Å². The van der Waals surface area contributed by atoms with Gasteiger partial charge in [0.1, 0.15) is 5.75 Å². The second-order valence-corrected chi connectivity index (χ2v) is 4.91. The number of nitrogens with zero attached hydrogens (tertiary/aromatic N) is 1. The number of anilines is 1. The van der Waals surface area contributed by atoms with Gasteiger partial charge in [0.25, 0.3) is 5.91 Å². The van der Waals surface area contributed by atoms with Gasteiger partial charge in [-0.05, 0) is 48.0 Å². The Hall–Kier alpha value is -3.03. The first kappa shape index (κ1) is 18.3. The molecular formula is C17H15F3N2O3. The van der Waals surface area contributed by atoms with Gasteiger partial charge >= 0.3 is 6.18 Å². The van der Waals surface area contributed by atoms with E-state index < -0.39 is 24.3 Å². The van der Waals surface area contributed by atoms with Crippen molar-refractivity contribution in [3.05, 3.63) is 59.7 Å². The van der Waals surface area contributed by atoms with E-state index in [0.29, 0.717) is 5.75 Å². The van der Waals surface area contributed by atoms with E-state index in [1.807, 2.05) is 0 Å². The van der Waals surface area contributed by atoms with E-state index in [1.54, 1.807) is 31.4 Å². The molecule has 25 heavy (non-hydrogen) atoms. The molecule has 0 saturated heterocycles. The molecular weight excluding hydrogens is 337 g/mol. The Morgan fingerprint density at radius 2 is 1.92 bits per heavy atom. The van der Waals surface area contributed by atoms with Crippen LogP contribution in [0.4, 0.5) is 18.9 Å². The number of carbonyl (C=O) groups is 1. The van der Waals surface area contributed by atoms with Crippen molar-refractivity contribution >= 4 is 17.8 Å². The smallest absolute Gasteiger partial charge is 0.416 e. The molecule has 0 aliphatic carbocycles. The third kappa shape index (κ3) is 5.83. The van der Waals surface area contributed by atoms with Crippen LogP contribution in [0.5, 0.6) is 5.75 Å². The van der Waals surface area contributed by atoms with Gasteiger partial charge in [-0.1, -0.05) is 11.2 Å². The summed E-state index contributed by atoms with van der Waals surface area (Å²) in [6.45, 7) is -0.428. The molecule has 0 spiro atoms. The van der Waals surface area contributed by atoms with E-state index in [0.717, 1.165) is 17.7 Å². The average molecular weight is 352 g/mol. The first-order valence-corrected chi connectivity index (χ1v) is 7.15. The van der Waals surface area contributed by atoms with Crippen LogP contribution in [0.1, 0.15) is 11.1 Å². The molecule has 0 bridgehead atoms. The quantitative estimate of drug-likeness (QED) is 0.637. The van der Waals surface area contributed by atoms with Crippen molar-refractivity contribution in [2.75, 3.05) is 19.0 Å². The number of ether oxygens (including phenoxy) is 1. The molecule has 0 fully saturated rings. The number of amides is 1. The third-order valence-corrected chi connectivity index (χ3v) is 3.06. The number of hydrogen-bond donors (Lipinski definition) is 1. The normalized spacial score (nSPS) is 11.4. The summed E-state index contributed by atoms with van der Waals surface area (Å²) in [5.74, 6) is 0.0738. The predicted molar refractivity (Wildman–Crippen MR) is 86.6 cm³/mol. The second kappa shape index (κ2) is 8.18. The van der Waals surface area contributed by atoms with Crippen LogP contribution in [0.15, 0.2) is 53.7 Å². The molecule has 2 aromatic carbocycles. The van der Waals surface area contributed by atoms with Gasteiger partial charge in [0.05, 0.1) is 18.9 Å². The number of alkyl halides is 3. The van der Waals surface area contributed by atoms with E-state index in [4.69, 9.17) is 9.57 Å². The number of oxime groups is 1. The Balaban J connectivity index is 1.83. The maximum absolute atomic E-state index is 12.6. The minimum Gasteiger partial charge on any atom is -0.497 e. The Kier molecular flexibility index (Phi) is 5.99. The number of nitrogens with one attached hydrogen (secondary N) is 1. The number of rotatable bonds is 6. The summed E-state index contributed by atoms with van der Waals surface area (Å²) in [5, 5.41) is 5.94. The van der Waals surface area contributed by atoms with Crippen LogP contribution < -0.4 is 10.1 Å². The molecule has 2 aromatic rings. The van der Waals surface area contributed by atoms with Crippen molar-refractivity contribution in [1.82, 2.24) is 0 Å². The molecule has 8 heteroatoms. The minimum absolute atomic E-state index is 0.0301. The van der Waals surface area contributed by atoms with E-state index >= 15 is 0 Å². The topological polar surface area (TPSA) is 59.9 Å². The Labute approximate surface area is 142 Å². The fourth-order valence-electron chi connectivity index (χ4n) is 1.85. The second-order valence-electron chi connectivity index (χ2n) is 4.91. The van der Waals surface area contributed by atoms with Crippen LogP contribution in [-0.2, 0) is 15.8 Å². The summed E-state index contributed by atoms with van der Waals surface area (Å²) >= 11 is 0. The zero-order valence-corrected chi connectivity index (χ0v) is 13.2. The van der Waals surface area contributed by atoms with Crippen LogP contribution in [0.3, 0.4) is 0 Å². The number of benzene rings is 2. The molecule has 0 aliphatic rings. The predicted octanol–water partition coefficient (Wildman–Crippen LogP) is 3.70. The van der Waals surface area contributed by atoms with Gasteiger partial charge in [-0.3, -0.25) is 4.79 Å². The SMILES string of the molecule is COc1ccc(/C=N/OCC(=O)Nc2cccc(C(F)(F)F)c2)cc1. The van der Waals surface area contributed by atoms with Crippen molar-refractivity contribution in [3.8, 4) is 5.75 Å². The molecule has 0 unspecified atom stereocenters. The molecule has 1 N–H and O–H groups in total. The lowest BCUT2D eigenvalue weighted by atomic mass is 10.2. The highest BCUT2D eigenvalue weighted by Gasteiger charge is 2.30. The Morgan fingerprint density at radius 1 is 1.20 bits per heavy atom. The van der Waals surface area contributed by atoms with Crippen molar-refractivity contribution in [1.29, 1.82) is 0 Å². The molecule has 1 amide bonds. The molecule has 132 valence electrons. The molecule has 0 radical (unpaired) electrons. The van der Waals surface area contributed by atoms with Crippen molar-refractivity contribution in [3.63, 3.8) is 0 Å². The van der Waals surface area contributed by atoms with Crippen LogP contribution >= 0.6 is 0 Å². The first-order chi connectivity index (χ1) is 11.9. The standard InChI is InChI=1S/C17H15F3N2O3/c1-24-15-7-5-12(6-8-15)10-21-25-11-16(23)22-14-4-2-3-13(9-14)17(18,19)20/h2-10H,11H2,1H3,(H,22,23)/b21-10+. The van der Waals surface area contributed by atoms with E-state index in [9.17, 15) is 18.0 Å². The Morgan fingerprint density at radius 3 is 2.56 bits per heavy atom. The van der Waals surface area contributed by atoms with Gasteiger partial charge < -0.3 is 14.9 Å². The molecule has 0 atom stereocenters. The first-order valence-electron chi connectivity index (χ1n) is 7.15. The van der Waals surface area contributed by atoms with Gasteiger partial charge in [-0.25, -0.2) is 0 Å². The molecule has 0 heterocycles. The van der Waals surface area contributed by atoms with Gasteiger partial charge in [0.15, 0.2) is 6.61 Å². The van der Waals surface area contributed by atoms with Crippen molar-refractivity contribution in [2.45, 2.75) is 6.18 Å². The van der Waals surface area contributed by atoms with Crippen molar-refractivity contribution < 1.29 is 27.5 Å². The monoisotopic (exact) mass is 352 g/mol. The Bertz CT molecular complexity index is 744. The average Bonchev–Trinajstić information content (AvgIpc) is 2.59. The number of methoxy groups -OCH3 is 1. The fourth-order valence-corrected chi connectivity index (χ4v) is 1.85. The van der Waals surface area contributed by atoms with Crippen LogP contribution in [0.2, 0.25) is 0 Å². The summed E-state index contributed by atoms with van der Waals surface area (Å²) in [6, 6.07) is 11.3. The highest BCUT2D eigenvalue weighted by atomic mass is 19.4. The number of carbonyl (C=O) groups excluding carboxylic acids is 1. The summed E-state index contributed by atoms with van der Waals surface area (Å²) < 4.78 is 42.8. The van der Waals surface area contributed by atoms with Crippen LogP contribution in [-0.4, -0.2) is 25.8 Å². The third-order valence-electron chi connectivity index (χ3n) is 3.06. The molecule has 0 aliphatic heterocycles. The van der Waals surface area contributed by atoms with E-state index in [1.165, 1.54) is 18.3 Å². The minimum atomic E-state index is -4.47. The highest BCUT2D eigenvalue weighted by molar-refractivity contribution is 5.91.